The van der Waals surface area contributed by atoms with Crippen LogP contribution in [-0.2, 0) is 14.8 Å². The SMILES string of the molecule is O=C(C[C@@H]1CCCCN1S(=O)(=O)c1ccc(F)cc1)NC1CCCCCC1. The van der Waals surface area contributed by atoms with Gasteiger partial charge in [-0.25, -0.2) is 12.8 Å². The summed E-state index contributed by atoms with van der Waals surface area (Å²) in [5.74, 6) is -0.528. The third-order valence-corrected chi connectivity index (χ3v) is 7.60. The minimum absolute atomic E-state index is 0.0619. The van der Waals surface area contributed by atoms with Crippen LogP contribution in [-0.4, -0.2) is 37.3 Å². The molecule has 1 aromatic rings. The van der Waals surface area contributed by atoms with Crippen molar-refractivity contribution in [3.05, 3.63) is 30.1 Å². The average Bonchev–Trinajstić information content (AvgIpc) is 2.91. The lowest BCUT2D eigenvalue weighted by Gasteiger charge is -2.34. The van der Waals surface area contributed by atoms with Crippen LogP contribution < -0.4 is 5.32 Å². The van der Waals surface area contributed by atoms with E-state index in [1.54, 1.807) is 0 Å². The fourth-order valence-electron chi connectivity index (χ4n) is 4.16. The molecule has 1 atom stereocenters. The predicted octanol–water partition coefficient (Wildman–Crippen LogP) is 3.60. The number of halogens is 1. The van der Waals surface area contributed by atoms with Crippen LogP contribution in [0.4, 0.5) is 4.39 Å². The first-order valence-corrected chi connectivity index (χ1v) is 11.5. The monoisotopic (exact) mass is 396 g/mol. The molecule has 27 heavy (non-hydrogen) atoms. The van der Waals surface area contributed by atoms with E-state index in [1.807, 2.05) is 0 Å². The first-order chi connectivity index (χ1) is 13.0. The van der Waals surface area contributed by atoms with E-state index in [4.69, 9.17) is 0 Å². The van der Waals surface area contributed by atoms with E-state index in [2.05, 4.69) is 5.32 Å². The molecule has 1 heterocycles. The molecule has 0 spiro atoms. The quantitative estimate of drug-likeness (QED) is 0.774. The van der Waals surface area contributed by atoms with Crippen molar-refractivity contribution in [3.8, 4) is 0 Å². The van der Waals surface area contributed by atoms with Gasteiger partial charge in [-0.15, -0.1) is 0 Å². The maximum absolute atomic E-state index is 13.2. The zero-order valence-electron chi connectivity index (χ0n) is 15.7. The van der Waals surface area contributed by atoms with Gasteiger partial charge in [0.25, 0.3) is 0 Å². The molecular formula is C20H29FN2O3S. The lowest BCUT2D eigenvalue weighted by atomic mass is 10.0. The van der Waals surface area contributed by atoms with Crippen molar-refractivity contribution >= 4 is 15.9 Å². The molecule has 3 rings (SSSR count). The Morgan fingerprint density at radius 1 is 1.00 bits per heavy atom. The van der Waals surface area contributed by atoms with E-state index in [0.717, 1.165) is 50.7 Å². The molecule has 1 amide bonds. The Bertz CT molecular complexity index is 728. The zero-order chi connectivity index (χ0) is 19.3. The number of hydrogen-bond acceptors (Lipinski definition) is 3. The van der Waals surface area contributed by atoms with E-state index in [0.29, 0.717) is 13.0 Å². The van der Waals surface area contributed by atoms with Gasteiger partial charge in [0.15, 0.2) is 0 Å². The number of amides is 1. The van der Waals surface area contributed by atoms with Crippen LogP contribution in [0.2, 0.25) is 0 Å². The topological polar surface area (TPSA) is 66.5 Å². The molecular weight excluding hydrogens is 367 g/mol. The zero-order valence-corrected chi connectivity index (χ0v) is 16.5. The highest BCUT2D eigenvalue weighted by atomic mass is 32.2. The predicted molar refractivity (Wildman–Crippen MR) is 102 cm³/mol. The van der Waals surface area contributed by atoms with Crippen LogP contribution >= 0.6 is 0 Å². The molecule has 1 aromatic carbocycles. The maximum atomic E-state index is 13.2. The largest absolute Gasteiger partial charge is 0.353 e. The molecule has 1 N–H and O–H groups in total. The molecule has 5 nitrogen and oxygen atoms in total. The molecule has 150 valence electrons. The average molecular weight is 397 g/mol. The minimum atomic E-state index is -3.73. The van der Waals surface area contributed by atoms with Gasteiger partial charge in [0.2, 0.25) is 15.9 Å². The number of carbonyl (C=O) groups is 1. The number of hydrogen-bond donors (Lipinski definition) is 1. The third kappa shape index (κ3) is 5.29. The summed E-state index contributed by atoms with van der Waals surface area (Å²) < 4.78 is 40.6. The maximum Gasteiger partial charge on any atom is 0.243 e. The smallest absolute Gasteiger partial charge is 0.243 e. The van der Waals surface area contributed by atoms with Crippen molar-refractivity contribution in [2.45, 2.75) is 81.2 Å². The van der Waals surface area contributed by atoms with Gasteiger partial charge in [0.1, 0.15) is 5.82 Å². The Balaban J connectivity index is 1.67. The van der Waals surface area contributed by atoms with E-state index in [-0.39, 0.29) is 29.3 Å². The molecule has 1 saturated carbocycles. The van der Waals surface area contributed by atoms with E-state index < -0.39 is 15.8 Å². The van der Waals surface area contributed by atoms with Gasteiger partial charge in [-0.05, 0) is 49.9 Å². The fourth-order valence-corrected chi connectivity index (χ4v) is 5.85. The highest BCUT2D eigenvalue weighted by Gasteiger charge is 2.34. The van der Waals surface area contributed by atoms with Crippen molar-refractivity contribution < 1.29 is 17.6 Å². The van der Waals surface area contributed by atoms with Gasteiger partial charge in [-0.3, -0.25) is 4.79 Å². The number of rotatable bonds is 5. The van der Waals surface area contributed by atoms with Crippen molar-refractivity contribution in [1.82, 2.24) is 9.62 Å². The number of benzene rings is 1. The normalized spacial score (nSPS) is 22.9. The van der Waals surface area contributed by atoms with Crippen LogP contribution in [0, 0.1) is 5.82 Å². The first-order valence-electron chi connectivity index (χ1n) is 10.0. The summed E-state index contributed by atoms with van der Waals surface area (Å²) in [4.78, 5) is 12.6. The Morgan fingerprint density at radius 2 is 1.63 bits per heavy atom. The molecule has 7 heteroatoms. The lowest BCUT2D eigenvalue weighted by molar-refractivity contribution is -0.122. The van der Waals surface area contributed by atoms with Crippen LogP contribution in [0.15, 0.2) is 29.2 Å². The Kier molecular flexibility index (Phi) is 6.87. The summed E-state index contributed by atoms with van der Waals surface area (Å²) in [5.41, 5.74) is 0. The number of nitrogens with zero attached hydrogens (tertiary/aromatic N) is 1. The van der Waals surface area contributed by atoms with Gasteiger partial charge >= 0.3 is 0 Å². The molecule has 0 aromatic heterocycles. The molecule has 0 bridgehead atoms. The number of piperidine rings is 1. The van der Waals surface area contributed by atoms with Crippen LogP contribution in [0.5, 0.6) is 0 Å². The Labute approximate surface area is 161 Å². The highest BCUT2D eigenvalue weighted by Crippen LogP contribution is 2.27. The second-order valence-electron chi connectivity index (χ2n) is 7.68. The number of sulfonamides is 1. The van der Waals surface area contributed by atoms with Crippen molar-refractivity contribution in [1.29, 1.82) is 0 Å². The van der Waals surface area contributed by atoms with Crippen LogP contribution in [0.1, 0.15) is 64.2 Å². The fraction of sp³-hybridized carbons (Fsp3) is 0.650. The van der Waals surface area contributed by atoms with E-state index >= 15 is 0 Å². The minimum Gasteiger partial charge on any atom is -0.353 e. The summed E-state index contributed by atoms with van der Waals surface area (Å²) >= 11 is 0. The summed E-state index contributed by atoms with van der Waals surface area (Å²) in [5, 5.41) is 3.12. The molecule has 2 aliphatic rings. The van der Waals surface area contributed by atoms with E-state index in [1.165, 1.54) is 29.3 Å². The summed E-state index contributed by atoms with van der Waals surface area (Å²) in [6.07, 6.45) is 9.30. The highest BCUT2D eigenvalue weighted by molar-refractivity contribution is 7.89. The van der Waals surface area contributed by atoms with Crippen molar-refractivity contribution in [2.75, 3.05) is 6.54 Å². The van der Waals surface area contributed by atoms with E-state index in [9.17, 15) is 17.6 Å². The number of nitrogens with one attached hydrogen (secondary N) is 1. The van der Waals surface area contributed by atoms with Crippen LogP contribution in [0.25, 0.3) is 0 Å². The second-order valence-corrected chi connectivity index (χ2v) is 9.57. The van der Waals surface area contributed by atoms with Crippen molar-refractivity contribution in [3.63, 3.8) is 0 Å². The number of carbonyl (C=O) groups excluding carboxylic acids is 1. The summed E-state index contributed by atoms with van der Waals surface area (Å²) in [6.45, 7) is 0.404. The lowest BCUT2D eigenvalue weighted by Crippen LogP contribution is -2.47. The van der Waals surface area contributed by atoms with Crippen LogP contribution in [0.3, 0.4) is 0 Å². The molecule has 2 fully saturated rings. The van der Waals surface area contributed by atoms with Gasteiger partial charge in [-0.2, -0.15) is 4.31 Å². The third-order valence-electron chi connectivity index (χ3n) is 5.63. The second kappa shape index (κ2) is 9.15. The van der Waals surface area contributed by atoms with Crippen molar-refractivity contribution in [2.24, 2.45) is 0 Å². The van der Waals surface area contributed by atoms with Gasteiger partial charge in [0.05, 0.1) is 4.90 Å². The van der Waals surface area contributed by atoms with Gasteiger partial charge in [-0.1, -0.05) is 32.1 Å². The summed E-state index contributed by atoms with van der Waals surface area (Å²) in [6, 6.07) is 4.78. The molecule has 0 radical (unpaired) electrons. The molecule has 1 saturated heterocycles. The van der Waals surface area contributed by atoms with Gasteiger partial charge in [0, 0.05) is 25.0 Å². The first kappa shape index (κ1) is 20.3. The standard InChI is InChI=1S/C20H29FN2O3S/c21-16-10-12-19(13-11-16)27(25,26)23-14-6-5-9-18(23)15-20(24)22-17-7-3-1-2-4-8-17/h10-13,17-18H,1-9,14-15H2,(H,22,24)/t18-/m0/s1. The Hall–Kier alpha value is -1.47. The molecule has 1 aliphatic heterocycles. The summed E-state index contributed by atoms with van der Waals surface area (Å²) in [7, 11) is -3.73. The Morgan fingerprint density at radius 3 is 2.30 bits per heavy atom. The van der Waals surface area contributed by atoms with Gasteiger partial charge < -0.3 is 5.32 Å². The molecule has 0 unspecified atom stereocenters. The molecule has 1 aliphatic carbocycles.